The molecular weight excluding hydrogens is 332 g/mol. The van der Waals surface area contributed by atoms with E-state index in [1.54, 1.807) is 26.0 Å². The molecule has 142 valence electrons. The van der Waals surface area contributed by atoms with E-state index in [0.29, 0.717) is 24.5 Å². The molecule has 0 bridgehead atoms. The van der Waals surface area contributed by atoms with Crippen LogP contribution in [-0.2, 0) is 9.47 Å². The summed E-state index contributed by atoms with van der Waals surface area (Å²) in [7, 11) is 1.90. The Morgan fingerprint density at radius 3 is 2.35 bits per heavy atom. The lowest BCUT2D eigenvalue weighted by Gasteiger charge is -2.24. The molecule has 0 saturated heterocycles. The highest BCUT2D eigenvalue weighted by atomic mass is 16.5. The highest BCUT2D eigenvalue weighted by Gasteiger charge is 2.24. The highest BCUT2D eigenvalue weighted by Crippen LogP contribution is 2.29. The molecule has 6 heteroatoms. The lowest BCUT2D eigenvalue weighted by Crippen LogP contribution is -2.26. The summed E-state index contributed by atoms with van der Waals surface area (Å²) in [6.45, 7) is 9.20. The predicted molar refractivity (Wildman–Crippen MR) is 102 cm³/mol. The Balaban J connectivity index is 2.60. The van der Waals surface area contributed by atoms with Crippen LogP contribution in [0.4, 0.5) is 0 Å². The number of fused-ring (bicyclic) bond motifs is 1. The molecule has 6 nitrogen and oxygen atoms in total. The fraction of sp³-hybridized carbons (Fsp3) is 0.500. The van der Waals surface area contributed by atoms with Gasteiger partial charge in [-0.2, -0.15) is 0 Å². The third-order valence-corrected chi connectivity index (χ3v) is 4.59. The predicted octanol–water partition coefficient (Wildman–Crippen LogP) is 3.41. The van der Waals surface area contributed by atoms with Crippen molar-refractivity contribution in [1.82, 2.24) is 9.88 Å². The minimum Gasteiger partial charge on any atom is -0.462 e. The summed E-state index contributed by atoms with van der Waals surface area (Å²) in [5.74, 6) is -0.448. The third kappa shape index (κ3) is 4.07. The summed E-state index contributed by atoms with van der Waals surface area (Å²) >= 11 is 0. The van der Waals surface area contributed by atoms with Gasteiger partial charge in [0.1, 0.15) is 5.69 Å². The number of esters is 2. The second kappa shape index (κ2) is 8.85. The molecule has 2 aromatic rings. The number of benzene rings is 1. The molecular formula is C20H28N2O4. The Morgan fingerprint density at radius 2 is 1.73 bits per heavy atom. The van der Waals surface area contributed by atoms with Gasteiger partial charge in [-0.25, -0.2) is 9.59 Å². The van der Waals surface area contributed by atoms with Crippen molar-refractivity contribution < 1.29 is 19.1 Å². The van der Waals surface area contributed by atoms with Gasteiger partial charge in [-0.3, -0.25) is 0 Å². The number of aromatic nitrogens is 1. The van der Waals surface area contributed by atoms with Crippen LogP contribution in [0.5, 0.6) is 0 Å². The van der Waals surface area contributed by atoms with Gasteiger partial charge in [0.25, 0.3) is 0 Å². The molecule has 2 atom stereocenters. The molecule has 1 N–H and O–H groups in total. The molecule has 0 aliphatic carbocycles. The Hall–Kier alpha value is -2.34. The molecule has 0 radical (unpaired) electrons. The van der Waals surface area contributed by atoms with Crippen molar-refractivity contribution in [2.24, 2.45) is 5.92 Å². The summed E-state index contributed by atoms with van der Waals surface area (Å²) in [4.78, 5) is 24.6. The molecule has 0 saturated carbocycles. The first-order chi connectivity index (χ1) is 12.4. The summed E-state index contributed by atoms with van der Waals surface area (Å²) in [5, 5.41) is 4.07. The molecule has 26 heavy (non-hydrogen) atoms. The molecule has 0 amide bonds. The molecule has 1 heterocycles. The maximum absolute atomic E-state index is 12.5. The second-order valence-corrected chi connectivity index (χ2v) is 6.39. The van der Waals surface area contributed by atoms with Crippen molar-refractivity contribution in [1.29, 1.82) is 0 Å². The Kier molecular flexibility index (Phi) is 6.80. The average Bonchev–Trinajstić information content (AvgIpc) is 3.00. The quantitative estimate of drug-likeness (QED) is 0.731. The Labute approximate surface area is 154 Å². The summed E-state index contributed by atoms with van der Waals surface area (Å²) in [6.07, 6.45) is 0. The molecule has 0 fully saturated rings. The Bertz CT molecular complexity index is 781. The van der Waals surface area contributed by atoms with Crippen LogP contribution in [0.3, 0.4) is 0 Å². The van der Waals surface area contributed by atoms with Gasteiger partial charge in [-0.15, -0.1) is 0 Å². The van der Waals surface area contributed by atoms with E-state index in [1.807, 2.05) is 23.7 Å². The minimum absolute atomic E-state index is 0.0387. The van der Waals surface area contributed by atoms with Gasteiger partial charge >= 0.3 is 11.9 Å². The summed E-state index contributed by atoms with van der Waals surface area (Å²) < 4.78 is 12.3. The lowest BCUT2D eigenvalue weighted by molar-refractivity contribution is 0.0507. The first-order valence-electron chi connectivity index (χ1n) is 9.08. The molecule has 0 aliphatic heterocycles. The monoisotopic (exact) mass is 360 g/mol. The third-order valence-electron chi connectivity index (χ3n) is 4.59. The maximum atomic E-state index is 12.5. The van der Waals surface area contributed by atoms with E-state index in [9.17, 15) is 9.59 Å². The van der Waals surface area contributed by atoms with Crippen molar-refractivity contribution in [3.8, 4) is 0 Å². The van der Waals surface area contributed by atoms with Gasteiger partial charge in [0.15, 0.2) is 0 Å². The first-order valence-corrected chi connectivity index (χ1v) is 9.08. The van der Waals surface area contributed by atoms with E-state index < -0.39 is 0 Å². The fourth-order valence-corrected chi connectivity index (χ4v) is 3.11. The van der Waals surface area contributed by atoms with E-state index in [4.69, 9.17) is 9.47 Å². The van der Waals surface area contributed by atoms with E-state index >= 15 is 0 Å². The van der Waals surface area contributed by atoms with Crippen molar-refractivity contribution in [3.63, 3.8) is 0 Å². The topological polar surface area (TPSA) is 69.6 Å². The molecule has 0 spiro atoms. The van der Waals surface area contributed by atoms with Gasteiger partial charge < -0.3 is 19.4 Å². The van der Waals surface area contributed by atoms with Gasteiger partial charge in [0.2, 0.25) is 0 Å². The zero-order valence-electron chi connectivity index (χ0n) is 16.2. The molecule has 2 rings (SSSR count). The zero-order valence-corrected chi connectivity index (χ0v) is 16.2. The van der Waals surface area contributed by atoms with Crippen LogP contribution in [0.1, 0.15) is 54.6 Å². The van der Waals surface area contributed by atoms with Crippen LogP contribution in [-0.4, -0.2) is 43.3 Å². The molecule has 1 aromatic carbocycles. The number of carbonyl (C=O) groups is 2. The largest absolute Gasteiger partial charge is 0.462 e. The van der Waals surface area contributed by atoms with E-state index in [2.05, 4.69) is 19.2 Å². The van der Waals surface area contributed by atoms with Gasteiger partial charge in [0.05, 0.1) is 18.8 Å². The van der Waals surface area contributed by atoms with Crippen molar-refractivity contribution >= 4 is 22.8 Å². The van der Waals surface area contributed by atoms with Crippen LogP contribution in [0.2, 0.25) is 0 Å². The van der Waals surface area contributed by atoms with Crippen molar-refractivity contribution in [2.75, 3.05) is 26.8 Å². The second-order valence-electron chi connectivity index (χ2n) is 6.39. The zero-order chi connectivity index (χ0) is 19.3. The Morgan fingerprint density at radius 1 is 1.08 bits per heavy atom. The average molecular weight is 360 g/mol. The lowest BCUT2D eigenvalue weighted by atomic mass is 10.0. The molecule has 1 aromatic heterocycles. The van der Waals surface area contributed by atoms with Gasteiger partial charge in [-0.05, 0) is 58.5 Å². The van der Waals surface area contributed by atoms with E-state index in [-0.39, 0.29) is 23.9 Å². The van der Waals surface area contributed by atoms with Crippen LogP contribution in [0, 0.1) is 5.92 Å². The summed E-state index contributed by atoms with van der Waals surface area (Å²) in [6, 6.07) is 7.22. The number of rotatable bonds is 8. The van der Waals surface area contributed by atoms with Gasteiger partial charge in [-0.1, -0.05) is 13.0 Å². The van der Waals surface area contributed by atoms with Gasteiger partial charge in [0, 0.05) is 16.9 Å². The number of carbonyl (C=O) groups excluding carboxylic acids is 2. The summed E-state index contributed by atoms with van der Waals surface area (Å²) in [5.41, 5.74) is 1.80. The minimum atomic E-state index is -0.365. The van der Waals surface area contributed by atoms with Crippen molar-refractivity contribution in [3.05, 3.63) is 35.5 Å². The van der Waals surface area contributed by atoms with Crippen molar-refractivity contribution in [2.45, 2.75) is 33.7 Å². The van der Waals surface area contributed by atoms with Crippen LogP contribution in [0.25, 0.3) is 10.9 Å². The van der Waals surface area contributed by atoms with E-state index in [0.717, 1.165) is 17.4 Å². The smallest absolute Gasteiger partial charge is 0.354 e. The number of hydrogen-bond donors (Lipinski definition) is 1. The number of nitrogens with zero attached hydrogens (tertiary/aromatic N) is 1. The van der Waals surface area contributed by atoms with Crippen LogP contribution >= 0.6 is 0 Å². The van der Waals surface area contributed by atoms with Crippen LogP contribution < -0.4 is 5.32 Å². The van der Waals surface area contributed by atoms with Crippen LogP contribution in [0.15, 0.2) is 24.3 Å². The number of hydrogen-bond acceptors (Lipinski definition) is 5. The highest BCUT2D eigenvalue weighted by molar-refractivity contribution is 5.99. The maximum Gasteiger partial charge on any atom is 0.354 e. The van der Waals surface area contributed by atoms with E-state index in [1.165, 1.54) is 0 Å². The molecule has 0 aliphatic rings. The first kappa shape index (κ1) is 20.0. The number of ether oxygens (including phenoxy) is 2. The standard InChI is InChI=1S/C20H28N2O4/c1-6-25-19(23)16-9-8-15-10-18(20(24)26-7-2)22(17(15)11-16)14(4)13(3)12-21-5/h8-11,13-14,21H,6-7,12H2,1-5H3/t13-,14+/m0/s1. The fourth-order valence-electron chi connectivity index (χ4n) is 3.11. The SMILES string of the molecule is CCOC(=O)c1ccc2cc(C(=O)OCC)n([C@H](C)[C@@H](C)CNC)c2c1. The number of nitrogens with one attached hydrogen (secondary N) is 1. The molecule has 0 unspecified atom stereocenters. The normalized spacial score (nSPS) is 13.4.